The Bertz CT molecular complexity index is 291. The molecule has 0 aliphatic rings. The molecule has 0 aromatic heterocycles. The molecule has 0 saturated heterocycles. The van der Waals surface area contributed by atoms with Gasteiger partial charge in [-0.25, -0.2) is 0 Å². The summed E-state index contributed by atoms with van der Waals surface area (Å²) in [5, 5.41) is 0. The van der Waals surface area contributed by atoms with Gasteiger partial charge in [-0.1, -0.05) is 4.52 Å². The molecular weight excluding hydrogens is 308 g/mol. The van der Waals surface area contributed by atoms with Crippen molar-refractivity contribution in [2.24, 2.45) is 17.2 Å². The third kappa shape index (κ3) is 15.5. The first-order chi connectivity index (χ1) is 9.25. The second kappa shape index (κ2) is 14.8. The molecule has 0 bridgehead atoms. The fourth-order valence-corrected chi connectivity index (χ4v) is 1.57. The van der Waals surface area contributed by atoms with E-state index in [4.69, 9.17) is 27.0 Å². The molecule has 0 heterocycles. The highest BCUT2D eigenvalue weighted by molar-refractivity contribution is 7.32. The van der Waals surface area contributed by atoms with Crippen LogP contribution in [0.15, 0.2) is 26.3 Å². The lowest BCUT2D eigenvalue weighted by atomic mass is 10.1. The van der Waals surface area contributed by atoms with Crippen LogP contribution in [0, 0.1) is 0 Å². The van der Waals surface area contributed by atoms with E-state index in [1.165, 1.54) is 0 Å². The van der Waals surface area contributed by atoms with E-state index in [0.717, 1.165) is 0 Å². The molecule has 0 radical (unpaired) electrons. The number of nitrogens with two attached hydrogens (primary N) is 3. The summed E-state index contributed by atoms with van der Waals surface area (Å²) in [7, 11) is -5.59. The molecule has 0 aromatic carbocycles. The maximum absolute atomic E-state index is 10.4. The SMILES string of the molecule is C=C.C=C.NC(CCCO[P+](=O)O)C(N)(N)O[P+](=O)O. The molecule has 0 saturated carbocycles. The number of hydrogen-bond acceptors (Lipinski definition) is 7. The fraction of sp³-hybridized carbons (Fsp3) is 0.556. The molecule has 8 N–H and O–H groups in total. The molecule has 0 amide bonds. The first-order valence-corrected chi connectivity index (χ1v) is 7.49. The van der Waals surface area contributed by atoms with E-state index in [9.17, 15) is 9.13 Å². The van der Waals surface area contributed by atoms with Crippen molar-refractivity contribution < 1.29 is 28.0 Å². The molecule has 0 spiro atoms. The van der Waals surface area contributed by atoms with Crippen LogP contribution in [0.5, 0.6) is 0 Å². The largest absolute Gasteiger partial charge is 0.698 e. The van der Waals surface area contributed by atoms with E-state index in [1.807, 2.05) is 0 Å². The molecule has 0 fully saturated rings. The van der Waals surface area contributed by atoms with E-state index >= 15 is 0 Å². The van der Waals surface area contributed by atoms with Gasteiger partial charge in [0.2, 0.25) is 5.85 Å². The van der Waals surface area contributed by atoms with Gasteiger partial charge < -0.3 is 5.73 Å². The van der Waals surface area contributed by atoms with E-state index in [2.05, 4.69) is 35.4 Å². The van der Waals surface area contributed by atoms with Crippen LogP contribution < -0.4 is 17.2 Å². The van der Waals surface area contributed by atoms with Crippen LogP contribution in [0.1, 0.15) is 12.8 Å². The number of rotatable bonds is 8. The Kier molecular flexibility index (Phi) is 18.1. The zero-order valence-electron chi connectivity index (χ0n) is 11.2. The van der Waals surface area contributed by atoms with Gasteiger partial charge in [-0.05, 0) is 12.8 Å². The molecule has 11 heteroatoms. The Hall–Kier alpha value is -0.600. The van der Waals surface area contributed by atoms with E-state index in [1.54, 1.807) is 0 Å². The third-order valence-electron chi connectivity index (χ3n) is 1.68. The van der Waals surface area contributed by atoms with Crippen LogP contribution >= 0.6 is 16.5 Å². The third-order valence-corrected chi connectivity index (χ3v) is 2.55. The predicted octanol–water partition coefficient (Wildman–Crippen LogP) is 0.602. The second-order valence-electron chi connectivity index (χ2n) is 3.00. The minimum Gasteiger partial charge on any atom is -0.323 e. The van der Waals surface area contributed by atoms with Gasteiger partial charge in [0, 0.05) is 9.13 Å². The molecule has 0 aromatic rings. The fourth-order valence-electron chi connectivity index (χ4n) is 0.874. The average molecular weight is 331 g/mol. The topological polar surface area (TPSA) is 171 Å². The Labute approximate surface area is 120 Å². The highest BCUT2D eigenvalue weighted by Gasteiger charge is 2.38. The Morgan fingerprint density at radius 3 is 1.90 bits per heavy atom. The summed E-state index contributed by atoms with van der Waals surface area (Å²) in [6, 6.07) is -0.904. The highest BCUT2D eigenvalue weighted by Crippen LogP contribution is 2.22. The van der Waals surface area contributed by atoms with Crippen LogP contribution in [0.2, 0.25) is 0 Å². The summed E-state index contributed by atoms with van der Waals surface area (Å²) in [4.78, 5) is 16.8. The van der Waals surface area contributed by atoms with Gasteiger partial charge in [0.1, 0.15) is 6.61 Å². The molecule has 3 atom stereocenters. The van der Waals surface area contributed by atoms with E-state index < -0.39 is 28.4 Å². The van der Waals surface area contributed by atoms with Crippen molar-refractivity contribution in [1.82, 2.24) is 0 Å². The smallest absolute Gasteiger partial charge is 0.323 e. The standard InChI is InChI=1S/C5H13N3O6P2.2C2H4/c6-4(2-1-3-13-15(9)10)5(7,8)14-16(11)12;2*1-2/h4H,1-3,6-8H2;2*1-2H2/p+2. The molecule has 0 rings (SSSR count). The second-order valence-corrected chi connectivity index (χ2v) is 4.39. The highest BCUT2D eigenvalue weighted by atomic mass is 31.1. The van der Waals surface area contributed by atoms with Gasteiger partial charge in [0.05, 0.1) is 6.04 Å². The average Bonchev–Trinajstić information content (AvgIpc) is 2.37. The normalized spacial score (nSPS) is 13.1. The Morgan fingerprint density at radius 1 is 1.10 bits per heavy atom. The van der Waals surface area contributed by atoms with Gasteiger partial charge in [-0.15, -0.1) is 40.6 Å². The van der Waals surface area contributed by atoms with E-state index in [-0.39, 0.29) is 13.0 Å². The van der Waals surface area contributed by atoms with Crippen molar-refractivity contribution >= 4 is 16.5 Å². The zero-order valence-corrected chi connectivity index (χ0v) is 13.0. The summed E-state index contributed by atoms with van der Waals surface area (Å²) < 4.78 is 29.2. The molecule has 20 heavy (non-hydrogen) atoms. The van der Waals surface area contributed by atoms with Gasteiger partial charge in [0.15, 0.2) is 0 Å². The van der Waals surface area contributed by atoms with Crippen molar-refractivity contribution in [3.8, 4) is 0 Å². The molecule has 118 valence electrons. The zero-order chi connectivity index (χ0) is 16.8. The maximum Gasteiger partial charge on any atom is 0.698 e. The first-order valence-electron chi connectivity index (χ1n) is 5.23. The summed E-state index contributed by atoms with van der Waals surface area (Å²) in [5.74, 6) is -1.93. The molecule has 3 unspecified atom stereocenters. The van der Waals surface area contributed by atoms with Gasteiger partial charge in [-0.2, -0.15) is 0 Å². The van der Waals surface area contributed by atoms with Crippen LogP contribution in [-0.4, -0.2) is 28.3 Å². The molecule has 0 aliphatic heterocycles. The van der Waals surface area contributed by atoms with Gasteiger partial charge in [0.25, 0.3) is 0 Å². The van der Waals surface area contributed by atoms with E-state index in [0.29, 0.717) is 6.42 Å². The van der Waals surface area contributed by atoms with Crippen molar-refractivity contribution in [2.75, 3.05) is 6.61 Å². The predicted molar refractivity (Wildman–Crippen MR) is 77.5 cm³/mol. The van der Waals surface area contributed by atoms with Crippen LogP contribution in [0.3, 0.4) is 0 Å². The van der Waals surface area contributed by atoms with Crippen LogP contribution in [-0.2, 0) is 18.2 Å². The van der Waals surface area contributed by atoms with Crippen molar-refractivity contribution in [1.29, 1.82) is 0 Å². The quantitative estimate of drug-likeness (QED) is 0.185. The summed E-state index contributed by atoms with van der Waals surface area (Å²) >= 11 is 0. The monoisotopic (exact) mass is 331 g/mol. The van der Waals surface area contributed by atoms with Gasteiger partial charge in [-0.3, -0.25) is 11.5 Å². The van der Waals surface area contributed by atoms with Crippen molar-refractivity contribution in [3.63, 3.8) is 0 Å². The summed E-state index contributed by atoms with van der Waals surface area (Å²) in [6.45, 7) is 12.0. The maximum atomic E-state index is 10.4. The number of hydrogen-bond donors (Lipinski definition) is 5. The molecular formula is C9H23N3O6P2+2. The minimum absolute atomic E-state index is 0.000740. The Morgan fingerprint density at radius 2 is 1.55 bits per heavy atom. The summed E-state index contributed by atoms with van der Waals surface area (Å²) in [6.07, 6.45) is 0.518. The van der Waals surface area contributed by atoms with Crippen LogP contribution in [0.25, 0.3) is 0 Å². The lowest BCUT2D eigenvalue weighted by molar-refractivity contribution is 0.0459. The Balaban J connectivity index is -0.000000656. The molecule has 0 aliphatic carbocycles. The first kappa shape index (κ1) is 24.4. The lowest BCUT2D eigenvalue weighted by Crippen LogP contribution is -2.63. The molecule has 9 nitrogen and oxygen atoms in total. The summed E-state index contributed by atoms with van der Waals surface area (Å²) in [5.41, 5.74) is 16.2. The van der Waals surface area contributed by atoms with Crippen molar-refractivity contribution in [2.45, 2.75) is 24.7 Å². The lowest BCUT2D eigenvalue weighted by Gasteiger charge is -2.23. The minimum atomic E-state index is -2.95. The van der Waals surface area contributed by atoms with Crippen LogP contribution in [0.4, 0.5) is 0 Å². The van der Waals surface area contributed by atoms with Gasteiger partial charge >= 0.3 is 16.5 Å². The van der Waals surface area contributed by atoms with Crippen molar-refractivity contribution in [3.05, 3.63) is 26.3 Å².